The van der Waals surface area contributed by atoms with Gasteiger partial charge in [0.05, 0.1) is 24.8 Å². The number of hydrogen-bond donors (Lipinski definition) is 3. The van der Waals surface area contributed by atoms with Crippen LogP contribution in [-0.2, 0) is 9.59 Å². The van der Waals surface area contributed by atoms with Crippen molar-refractivity contribution in [3.8, 4) is 5.75 Å². The van der Waals surface area contributed by atoms with Crippen LogP contribution < -0.4 is 21.5 Å². The number of halogens is 1. The molecule has 0 fully saturated rings. The molecule has 21 heavy (non-hydrogen) atoms. The predicted molar refractivity (Wildman–Crippen MR) is 84.5 cm³/mol. The molecule has 1 aromatic rings. The van der Waals surface area contributed by atoms with Gasteiger partial charge >= 0.3 is 0 Å². The molecule has 0 aliphatic rings. The second-order valence-corrected chi connectivity index (χ2v) is 4.45. The Labute approximate surface area is 130 Å². The number of nitrogens with one attached hydrogen (secondary N) is 1. The lowest BCUT2D eigenvalue weighted by Crippen LogP contribution is -2.35. The molecule has 2 amide bonds. The molecule has 6 nitrogen and oxygen atoms in total. The molecule has 1 aromatic carbocycles. The number of ether oxygens (including phenoxy) is 1. The van der Waals surface area contributed by atoms with Crippen LogP contribution in [0, 0.1) is 0 Å². The Bertz CT molecular complexity index is 469. The zero-order chi connectivity index (χ0) is 15.0. The van der Waals surface area contributed by atoms with Gasteiger partial charge in [0.25, 0.3) is 0 Å². The smallest absolute Gasteiger partial charge is 0.241 e. The Kier molecular flexibility index (Phi) is 9.16. The van der Waals surface area contributed by atoms with Crippen LogP contribution in [0.1, 0.15) is 26.2 Å². The summed E-state index contributed by atoms with van der Waals surface area (Å²) < 4.78 is 5.43. The summed E-state index contributed by atoms with van der Waals surface area (Å²) in [4.78, 5) is 22.5. The molecule has 0 saturated carbocycles. The minimum absolute atomic E-state index is 0. The lowest BCUT2D eigenvalue weighted by molar-refractivity contribution is -0.119. The van der Waals surface area contributed by atoms with Crippen LogP contribution in [0.25, 0.3) is 0 Å². The van der Waals surface area contributed by atoms with Crippen molar-refractivity contribution >= 4 is 29.9 Å². The molecule has 0 heterocycles. The molecule has 0 spiro atoms. The van der Waals surface area contributed by atoms with Crippen LogP contribution in [0.4, 0.5) is 5.69 Å². The van der Waals surface area contributed by atoms with E-state index in [9.17, 15) is 9.59 Å². The van der Waals surface area contributed by atoms with Gasteiger partial charge in [0.2, 0.25) is 11.8 Å². The second kappa shape index (κ2) is 10.0. The standard InChI is InChI=1S/C14H21N3O3.ClH/c1-2-5-10(15)14(19)17-11-6-3-4-7-12(11)20-9-8-13(16)18;/h3-4,6-7,10H,2,5,8-9,15H2,1H3,(H2,16,18)(H,17,19);1H. The van der Waals surface area contributed by atoms with Crippen molar-refractivity contribution in [3.05, 3.63) is 24.3 Å². The molecule has 1 rings (SSSR count). The van der Waals surface area contributed by atoms with Gasteiger partial charge in [-0.3, -0.25) is 9.59 Å². The lowest BCUT2D eigenvalue weighted by atomic mass is 10.1. The summed E-state index contributed by atoms with van der Waals surface area (Å²) in [6.45, 7) is 2.14. The topological polar surface area (TPSA) is 107 Å². The van der Waals surface area contributed by atoms with Gasteiger partial charge in [-0.25, -0.2) is 0 Å². The first kappa shape index (κ1) is 19.2. The van der Waals surface area contributed by atoms with Gasteiger partial charge in [-0.2, -0.15) is 0 Å². The lowest BCUT2D eigenvalue weighted by Gasteiger charge is -2.14. The Morgan fingerprint density at radius 2 is 2.00 bits per heavy atom. The van der Waals surface area contributed by atoms with Gasteiger partial charge in [0.15, 0.2) is 0 Å². The van der Waals surface area contributed by atoms with Crippen molar-refractivity contribution < 1.29 is 14.3 Å². The maximum absolute atomic E-state index is 11.9. The van der Waals surface area contributed by atoms with Crippen LogP contribution >= 0.6 is 12.4 Å². The van der Waals surface area contributed by atoms with E-state index in [2.05, 4.69) is 5.32 Å². The minimum atomic E-state index is -0.543. The fraction of sp³-hybridized carbons (Fsp3) is 0.429. The third kappa shape index (κ3) is 6.97. The fourth-order valence-corrected chi connectivity index (χ4v) is 1.62. The predicted octanol–water partition coefficient (Wildman–Crippen LogP) is 1.43. The molecule has 1 atom stereocenters. The van der Waals surface area contributed by atoms with E-state index in [-0.39, 0.29) is 31.3 Å². The molecular formula is C14H22ClN3O3. The summed E-state index contributed by atoms with van der Waals surface area (Å²) >= 11 is 0. The number of nitrogens with two attached hydrogens (primary N) is 2. The van der Waals surface area contributed by atoms with E-state index in [1.807, 2.05) is 6.92 Å². The van der Waals surface area contributed by atoms with Crippen molar-refractivity contribution in [2.24, 2.45) is 11.5 Å². The van der Waals surface area contributed by atoms with E-state index in [0.717, 1.165) is 6.42 Å². The van der Waals surface area contributed by atoms with Gasteiger partial charge in [0.1, 0.15) is 5.75 Å². The number of carbonyl (C=O) groups is 2. The molecule has 0 aromatic heterocycles. The van der Waals surface area contributed by atoms with Crippen molar-refractivity contribution in [1.29, 1.82) is 0 Å². The van der Waals surface area contributed by atoms with Crippen LogP contribution in [0.3, 0.4) is 0 Å². The number of amides is 2. The first-order valence-electron chi connectivity index (χ1n) is 6.61. The molecule has 7 heteroatoms. The highest BCUT2D eigenvalue weighted by Gasteiger charge is 2.14. The maximum atomic E-state index is 11.9. The largest absolute Gasteiger partial charge is 0.491 e. The highest BCUT2D eigenvalue weighted by atomic mass is 35.5. The summed E-state index contributed by atoms with van der Waals surface area (Å²) in [6.07, 6.45) is 1.58. The molecule has 1 unspecified atom stereocenters. The number of hydrogen-bond acceptors (Lipinski definition) is 4. The van der Waals surface area contributed by atoms with Crippen molar-refractivity contribution in [2.45, 2.75) is 32.2 Å². The first-order chi connectivity index (χ1) is 9.54. The Morgan fingerprint density at radius 1 is 1.33 bits per heavy atom. The SMILES string of the molecule is CCCC(N)C(=O)Nc1ccccc1OCCC(N)=O.Cl. The van der Waals surface area contributed by atoms with E-state index >= 15 is 0 Å². The number of benzene rings is 1. The zero-order valence-corrected chi connectivity index (χ0v) is 12.8. The molecule has 0 aliphatic carbocycles. The summed E-state index contributed by atoms with van der Waals surface area (Å²) in [7, 11) is 0. The molecular weight excluding hydrogens is 294 g/mol. The molecule has 0 aliphatic heterocycles. The van der Waals surface area contributed by atoms with E-state index < -0.39 is 11.9 Å². The fourth-order valence-electron chi connectivity index (χ4n) is 1.62. The van der Waals surface area contributed by atoms with E-state index in [0.29, 0.717) is 17.9 Å². The molecule has 0 bridgehead atoms. The maximum Gasteiger partial charge on any atom is 0.241 e. The third-order valence-electron chi connectivity index (χ3n) is 2.69. The summed E-state index contributed by atoms with van der Waals surface area (Å²) in [5.41, 5.74) is 11.3. The van der Waals surface area contributed by atoms with E-state index in [1.165, 1.54) is 0 Å². The van der Waals surface area contributed by atoms with E-state index in [4.69, 9.17) is 16.2 Å². The van der Waals surface area contributed by atoms with Crippen LogP contribution in [-0.4, -0.2) is 24.5 Å². The first-order valence-corrected chi connectivity index (χ1v) is 6.61. The zero-order valence-electron chi connectivity index (χ0n) is 12.0. The molecule has 0 saturated heterocycles. The number of rotatable bonds is 8. The molecule has 0 radical (unpaired) electrons. The molecule has 118 valence electrons. The van der Waals surface area contributed by atoms with Gasteiger partial charge in [-0.15, -0.1) is 12.4 Å². The van der Waals surface area contributed by atoms with Gasteiger partial charge in [-0.1, -0.05) is 25.5 Å². The molecule has 5 N–H and O–H groups in total. The third-order valence-corrected chi connectivity index (χ3v) is 2.69. The van der Waals surface area contributed by atoms with Crippen LogP contribution in [0.2, 0.25) is 0 Å². The summed E-state index contributed by atoms with van der Waals surface area (Å²) in [5.74, 6) is -0.194. The minimum Gasteiger partial charge on any atom is -0.491 e. The van der Waals surface area contributed by atoms with Crippen molar-refractivity contribution in [3.63, 3.8) is 0 Å². The summed E-state index contributed by atoms with van der Waals surface area (Å²) in [6, 6.07) is 6.44. The number of anilines is 1. The van der Waals surface area contributed by atoms with Crippen molar-refractivity contribution in [1.82, 2.24) is 0 Å². The average molecular weight is 316 g/mol. The van der Waals surface area contributed by atoms with Gasteiger partial charge in [-0.05, 0) is 18.6 Å². The van der Waals surface area contributed by atoms with Crippen LogP contribution in [0.15, 0.2) is 24.3 Å². The monoisotopic (exact) mass is 315 g/mol. The van der Waals surface area contributed by atoms with Gasteiger partial charge < -0.3 is 21.5 Å². The van der Waals surface area contributed by atoms with E-state index in [1.54, 1.807) is 24.3 Å². The Hall–Kier alpha value is -1.79. The van der Waals surface area contributed by atoms with Gasteiger partial charge in [0, 0.05) is 0 Å². The summed E-state index contributed by atoms with van der Waals surface area (Å²) in [5, 5.41) is 2.73. The average Bonchev–Trinajstić information content (AvgIpc) is 2.40. The van der Waals surface area contributed by atoms with Crippen molar-refractivity contribution in [2.75, 3.05) is 11.9 Å². The highest BCUT2D eigenvalue weighted by Crippen LogP contribution is 2.24. The normalized spacial score (nSPS) is 11.1. The Balaban J connectivity index is 0.00000400. The Morgan fingerprint density at radius 3 is 2.62 bits per heavy atom. The quantitative estimate of drug-likeness (QED) is 0.674. The van der Waals surface area contributed by atoms with Crippen LogP contribution in [0.5, 0.6) is 5.75 Å². The number of primary amides is 1. The number of para-hydroxylation sites is 2. The highest BCUT2D eigenvalue weighted by molar-refractivity contribution is 5.95. The second-order valence-electron chi connectivity index (χ2n) is 4.45. The number of carbonyl (C=O) groups excluding carboxylic acids is 2.